The first-order valence-electron chi connectivity index (χ1n) is 4.31. The zero-order chi connectivity index (χ0) is 8.97. The van der Waals surface area contributed by atoms with E-state index in [2.05, 4.69) is 13.0 Å². The molecular formula is C11H13O. The third-order valence-electron chi connectivity index (χ3n) is 1.89. The lowest BCUT2D eigenvalue weighted by Crippen LogP contribution is -1.96. The minimum absolute atomic E-state index is 0.207. The molecule has 1 nitrogen and oxygen atoms in total. The maximum Gasteiger partial charge on any atom is 0.162 e. The van der Waals surface area contributed by atoms with E-state index >= 15 is 0 Å². The Hall–Kier alpha value is -1.11. The minimum Gasteiger partial charge on any atom is -0.294 e. The van der Waals surface area contributed by atoms with Crippen molar-refractivity contribution in [1.82, 2.24) is 0 Å². The lowest BCUT2D eigenvalue weighted by Gasteiger charge is -1.99. The topological polar surface area (TPSA) is 17.1 Å². The van der Waals surface area contributed by atoms with Gasteiger partial charge >= 0.3 is 0 Å². The summed E-state index contributed by atoms with van der Waals surface area (Å²) in [5, 5.41) is 0. The first-order valence-corrected chi connectivity index (χ1v) is 4.31. The number of hydrogen-bond acceptors (Lipinski definition) is 1. The van der Waals surface area contributed by atoms with Gasteiger partial charge in [-0.3, -0.25) is 4.79 Å². The lowest BCUT2D eigenvalue weighted by atomic mass is 10.0. The largest absolute Gasteiger partial charge is 0.294 e. The second kappa shape index (κ2) is 4.05. The fourth-order valence-corrected chi connectivity index (χ4v) is 1.10. The fraction of sp³-hybridized carbons (Fsp3) is 0.364. The Kier molecular flexibility index (Phi) is 3.03. The highest BCUT2D eigenvalue weighted by Gasteiger charge is 2.02. The second-order valence-corrected chi connectivity index (χ2v) is 2.73. The predicted molar refractivity (Wildman–Crippen MR) is 49.3 cm³/mol. The number of benzene rings is 1. The van der Waals surface area contributed by atoms with Crippen LogP contribution in [0.2, 0.25) is 0 Å². The van der Waals surface area contributed by atoms with Gasteiger partial charge in [-0.2, -0.15) is 0 Å². The highest BCUT2D eigenvalue weighted by molar-refractivity contribution is 5.95. The van der Waals surface area contributed by atoms with E-state index < -0.39 is 0 Å². The summed E-state index contributed by atoms with van der Waals surface area (Å²) < 4.78 is 0. The highest BCUT2D eigenvalue weighted by atomic mass is 16.1. The summed E-state index contributed by atoms with van der Waals surface area (Å²) in [6.45, 7) is 3.94. The SMILES string of the molecule is CCC(=O)c1cc[c]c(CC)c1. The number of aryl methyl sites for hydroxylation is 1. The summed E-state index contributed by atoms with van der Waals surface area (Å²) in [7, 11) is 0. The molecule has 12 heavy (non-hydrogen) atoms. The molecule has 0 unspecified atom stereocenters. The third-order valence-corrected chi connectivity index (χ3v) is 1.89. The van der Waals surface area contributed by atoms with Crippen LogP contribution in [0.5, 0.6) is 0 Å². The Morgan fingerprint density at radius 1 is 1.50 bits per heavy atom. The Morgan fingerprint density at radius 3 is 2.83 bits per heavy atom. The van der Waals surface area contributed by atoms with Gasteiger partial charge < -0.3 is 0 Å². The molecule has 63 valence electrons. The first-order chi connectivity index (χ1) is 5.77. The Labute approximate surface area is 73.4 Å². The molecule has 0 aliphatic rings. The van der Waals surface area contributed by atoms with Crippen molar-refractivity contribution < 1.29 is 4.79 Å². The van der Waals surface area contributed by atoms with Gasteiger partial charge in [0.2, 0.25) is 0 Å². The maximum atomic E-state index is 11.3. The number of carbonyl (C=O) groups is 1. The van der Waals surface area contributed by atoms with Gasteiger partial charge in [-0.25, -0.2) is 0 Å². The molecule has 0 aromatic heterocycles. The zero-order valence-corrected chi connectivity index (χ0v) is 7.55. The van der Waals surface area contributed by atoms with Crippen molar-refractivity contribution in [2.45, 2.75) is 26.7 Å². The van der Waals surface area contributed by atoms with Gasteiger partial charge in [0.1, 0.15) is 0 Å². The van der Waals surface area contributed by atoms with Gasteiger partial charge in [-0.1, -0.05) is 26.0 Å². The minimum atomic E-state index is 0.207. The van der Waals surface area contributed by atoms with Crippen molar-refractivity contribution in [2.75, 3.05) is 0 Å². The van der Waals surface area contributed by atoms with E-state index in [1.165, 1.54) is 0 Å². The molecule has 0 saturated carbocycles. The van der Waals surface area contributed by atoms with Crippen LogP contribution in [0.1, 0.15) is 36.2 Å². The van der Waals surface area contributed by atoms with Crippen LogP contribution in [0.25, 0.3) is 0 Å². The van der Waals surface area contributed by atoms with E-state index in [0.29, 0.717) is 6.42 Å². The maximum absolute atomic E-state index is 11.3. The molecule has 0 heterocycles. The van der Waals surface area contributed by atoms with E-state index in [4.69, 9.17) is 0 Å². The van der Waals surface area contributed by atoms with Gasteiger partial charge in [0.25, 0.3) is 0 Å². The molecule has 0 aliphatic carbocycles. The number of ketones is 1. The molecule has 1 aromatic carbocycles. The average molecular weight is 161 g/mol. The standard InChI is InChI=1S/C11H13O/c1-3-9-6-5-7-10(8-9)11(12)4-2/h5,7-8H,3-4H2,1-2H3. The van der Waals surface area contributed by atoms with Crippen LogP contribution < -0.4 is 0 Å². The van der Waals surface area contributed by atoms with Gasteiger partial charge in [-0.15, -0.1) is 0 Å². The molecular weight excluding hydrogens is 148 g/mol. The molecule has 1 aromatic rings. The van der Waals surface area contributed by atoms with E-state index in [1.54, 1.807) is 0 Å². The molecule has 0 amide bonds. The van der Waals surface area contributed by atoms with E-state index in [-0.39, 0.29) is 5.78 Å². The fourth-order valence-electron chi connectivity index (χ4n) is 1.10. The summed E-state index contributed by atoms with van der Waals surface area (Å²) >= 11 is 0. The quantitative estimate of drug-likeness (QED) is 0.623. The van der Waals surface area contributed by atoms with Gasteiger partial charge in [0.05, 0.1) is 0 Å². The van der Waals surface area contributed by atoms with Crippen molar-refractivity contribution in [3.8, 4) is 0 Å². The van der Waals surface area contributed by atoms with Crippen LogP contribution in [-0.2, 0) is 6.42 Å². The van der Waals surface area contributed by atoms with Crippen LogP contribution >= 0.6 is 0 Å². The summed E-state index contributed by atoms with van der Waals surface area (Å²) in [5.74, 6) is 0.207. The Morgan fingerprint density at radius 2 is 2.25 bits per heavy atom. The normalized spacial score (nSPS) is 9.83. The van der Waals surface area contributed by atoms with Crippen molar-refractivity contribution in [3.63, 3.8) is 0 Å². The van der Waals surface area contributed by atoms with Gasteiger partial charge in [-0.05, 0) is 24.1 Å². The molecule has 1 radical (unpaired) electrons. The lowest BCUT2D eigenvalue weighted by molar-refractivity contribution is 0.0988. The number of Topliss-reactive ketones (excluding diaryl/α,β-unsaturated/α-hetero) is 1. The Bertz CT molecular complexity index is 276. The second-order valence-electron chi connectivity index (χ2n) is 2.73. The summed E-state index contributed by atoms with van der Waals surface area (Å²) in [6.07, 6.45) is 1.51. The van der Waals surface area contributed by atoms with Crippen LogP contribution in [0.15, 0.2) is 18.2 Å². The van der Waals surface area contributed by atoms with Gasteiger partial charge in [0, 0.05) is 12.0 Å². The molecule has 1 heteroatoms. The van der Waals surface area contributed by atoms with Crippen LogP contribution in [0, 0.1) is 6.07 Å². The van der Waals surface area contributed by atoms with E-state index in [9.17, 15) is 4.79 Å². The molecule has 0 N–H and O–H groups in total. The summed E-state index contributed by atoms with van der Waals surface area (Å²) in [6, 6.07) is 8.65. The number of carbonyl (C=O) groups excluding carboxylic acids is 1. The predicted octanol–water partition coefficient (Wildman–Crippen LogP) is 2.64. The molecule has 0 bridgehead atoms. The molecule has 0 saturated heterocycles. The Balaban J connectivity index is 2.93. The number of rotatable bonds is 3. The molecule has 0 spiro atoms. The average Bonchev–Trinajstić information content (AvgIpc) is 2.17. The highest BCUT2D eigenvalue weighted by Crippen LogP contribution is 2.07. The summed E-state index contributed by atoms with van der Waals surface area (Å²) in [5.41, 5.74) is 1.92. The smallest absolute Gasteiger partial charge is 0.162 e. The molecule has 1 rings (SSSR count). The van der Waals surface area contributed by atoms with Crippen molar-refractivity contribution >= 4 is 5.78 Å². The monoisotopic (exact) mass is 161 g/mol. The van der Waals surface area contributed by atoms with Gasteiger partial charge in [0.15, 0.2) is 5.78 Å². The number of hydrogen-bond donors (Lipinski definition) is 0. The van der Waals surface area contributed by atoms with Crippen LogP contribution in [0.4, 0.5) is 0 Å². The van der Waals surface area contributed by atoms with Crippen LogP contribution in [-0.4, -0.2) is 5.78 Å². The van der Waals surface area contributed by atoms with Crippen LogP contribution in [0.3, 0.4) is 0 Å². The molecule has 0 aliphatic heterocycles. The first kappa shape index (κ1) is 8.98. The van der Waals surface area contributed by atoms with E-state index in [0.717, 1.165) is 17.5 Å². The molecule has 0 fully saturated rings. The zero-order valence-electron chi connectivity index (χ0n) is 7.55. The van der Waals surface area contributed by atoms with E-state index in [1.807, 2.05) is 25.1 Å². The molecule has 0 atom stereocenters. The van der Waals surface area contributed by atoms with Crippen molar-refractivity contribution in [1.29, 1.82) is 0 Å². The third kappa shape index (κ3) is 1.94. The van der Waals surface area contributed by atoms with Crippen molar-refractivity contribution in [2.24, 2.45) is 0 Å². The van der Waals surface area contributed by atoms with Crippen molar-refractivity contribution in [3.05, 3.63) is 35.4 Å². The summed E-state index contributed by atoms with van der Waals surface area (Å²) in [4.78, 5) is 11.3.